The van der Waals surface area contributed by atoms with Crippen molar-refractivity contribution in [1.29, 1.82) is 0 Å². The van der Waals surface area contributed by atoms with Gasteiger partial charge in [0.05, 0.1) is 10.2 Å². The van der Waals surface area contributed by atoms with Gasteiger partial charge in [0.25, 0.3) is 0 Å². The van der Waals surface area contributed by atoms with Crippen LogP contribution in [0.15, 0.2) is 24.3 Å². The van der Waals surface area contributed by atoms with Gasteiger partial charge in [0.2, 0.25) is 0 Å². The van der Waals surface area contributed by atoms with E-state index in [2.05, 4.69) is 10.2 Å². The molecule has 0 spiro atoms. The molecule has 1 rings (SSSR count). The zero-order chi connectivity index (χ0) is 9.90. The Balaban J connectivity index is 3.12. The molecule has 0 atom stereocenters. The van der Waals surface area contributed by atoms with Crippen LogP contribution in [-0.4, -0.2) is 24.5 Å². The summed E-state index contributed by atoms with van der Waals surface area (Å²) in [5, 5.41) is 0.980. The molecule has 0 saturated heterocycles. The Morgan fingerprint density at radius 3 is 2.15 bits per heavy atom. The SMILES string of the molecule is COC(C)(OC)c1ccccc1[Si]. The Labute approximate surface area is 82.3 Å². The lowest BCUT2D eigenvalue weighted by atomic mass is 10.1. The van der Waals surface area contributed by atoms with Crippen molar-refractivity contribution in [2.24, 2.45) is 0 Å². The molecule has 0 heterocycles. The fourth-order valence-electron chi connectivity index (χ4n) is 1.18. The van der Waals surface area contributed by atoms with Gasteiger partial charge < -0.3 is 9.47 Å². The molecule has 3 heteroatoms. The van der Waals surface area contributed by atoms with Crippen LogP contribution in [0.25, 0.3) is 0 Å². The third-order valence-electron chi connectivity index (χ3n) is 2.20. The lowest BCUT2D eigenvalue weighted by Gasteiger charge is -2.28. The largest absolute Gasteiger partial charge is 0.349 e. The van der Waals surface area contributed by atoms with Crippen molar-refractivity contribution < 1.29 is 9.47 Å². The molecule has 0 N–H and O–H groups in total. The van der Waals surface area contributed by atoms with Crippen LogP contribution >= 0.6 is 0 Å². The van der Waals surface area contributed by atoms with Gasteiger partial charge in [0, 0.05) is 19.8 Å². The fraction of sp³-hybridized carbons (Fsp3) is 0.400. The lowest BCUT2D eigenvalue weighted by Crippen LogP contribution is -2.32. The summed E-state index contributed by atoms with van der Waals surface area (Å²) in [7, 11) is 6.76. The minimum absolute atomic E-state index is 0.682. The predicted molar refractivity (Wildman–Crippen MR) is 53.2 cm³/mol. The van der Waals surface area contributed by atoms with E-state index in [0.717, 1.165) is 10.8 Å². The minimum Gasteiger partial charge on any atom is -0.349 e. The number of hydrogen-bond acceptors (Lipinski definition) is 2. The Kier molecular flexibility index (Phi) is 3.25. The summed E-state index contributed by atoms with van der Waals surface area (Å²) in [5.74, 6) is -0.682. The van der Waals surface area contributed by atoms with Crippen molar-refractivity contribution in [1.82, 2.24) is 0 Å². The Bertz CT molecular complexity index is 282. The molecule has 0 unspecified atom stereocenters. The van der Waals surface area contributed by atoms with Crippen molar-refractivity contribution in [3.63, 3.8) is 0 Å². The van der Waals surface area contributed by atoms with Crippen molar-refractivity contribution >= 4 is 15.4 Å². The summed E-state index contributed by atoms with van der Waals surface area (Å²) in [5.41, 5.74) is 0.983. The molecule has 69 valence electrons. The Morgan fingerprint density at radius 1 is 1.15 bits per heavy atom. The number of methoxy groups -OCH3 is 2. The van der Waals surface area contributed by atoms with Crippen molar-refractivity contribution in [2.45, 2.75) is 12.7 Å². The molecule has 0 aromatic heterocycles. The van der Waals surface area contributed by atoms with E-state index >= 15 is 0 Å². The normalized spacial score (nSPS) is 11.7. The summed E-state index contributed by atoms with van der Waals surface area (Å²) in [4.78, 5) is 0. The van der Waals surface area contributed by atoms with E-state index in [1.165, 1.54) is 0 Å². The van der Waals surface area contributed by atoms with Gasteiger partial charge in [-0.3, -0.25) is 0 Å². The Hall–Kier alpha value is -0.643. The van der Waals surface area contributed by atoms with Gasteiger partial charge in [-0.05, 0) is 6.92 Å². The molecule has 0 aliphatic heterocycles. The summed E-state index contributed by atoms with van der Waals surface area (Å²) in [6, 6.07) is 7.84. The quantitative estimate of drug-likeness (QED) is 0.525. The third-order valence-corrected chi connectivity index (χ3v) is 2.63. The van der Waals surface area contributed by atoms with Crippen LogP contribution < -0.4 is 5.19 Å². The van der Waals surface area contributed by atoms with Crippen molar-refractivity contribution in [2.75, 3.05) is 14.2 Å². The van der Waals surface area contributed by atoms with Crippen LogP contribution in [0.4, 0.5) is 0 Å². The highest BCUT2D eigenvalue weighted by molar-refractivity contribution is 6.33. The zero-order valence-electron chi connectivity index (χ0n) is 8.13. The topological polar surface area (TPSA) is 18.5 Å². The maximum absolute atomic E-state index is 5.30. The van der Waals surface area contributed by atoms with E-state index in [9.17, 15) is 0 Å². The van der Waals surface area contributed by atoms with Crippen LogP contribution in [-0.2, 0) is 15.3 Å². The van der Waals surface area contributed by atoms with Gasteiger partial charge in [-0.15, -0.1) is 0 Å². The first-order valence-electron chi connectivity index (χ1n) is 4.05. The molecule has 0 fully saturated rings. The molecule has 0 aliphatic rings. The highest BCUT2D eigenvalue weighted by atomic mass is 28.1. The molecule has 3 radical (unpaired) electrons. The zero-order valence-corrected chi connectivity index (χ0v) is 9.13. The number of hydrogen-bond donors (Lipinski definition) is 0. The smallest absolute Gasteiger partial charge is 0.191 e. The molecule has 0 aliphatic carbocycles. The molecular formula is C10H13O2Si. The minimum atomic E-state index is -0.682. The summed E-state index contributed by atoms with van der Waals surface area (Å²) >= 11 is 0. The van der Waals surface area contributed by atoms with Gasteiger partial charge in [-0.1, -0.05) is 29.5 Å². The van der Waals surface area contributed by atoms with E-state index in [1.54, 1.807) is 14.2 Å². The standard InChI is InChI=1S/C10H13O2Si/c1-10(11-2,12-3)8-6-4-5-7-9(8)13/h4-7H,1-3H3. The fourth-order valence-corrected chi connectivity index (χ4v) is 1.59. The van der Waals surface area contributed by atoms with Crippen LogP contribution in [0, 0.1) is 0 Å². The van der Waals surface area contributed by atoms with Gasteiger partial charge in [0.15, 0.2) is 5.79 Å². The lowest BCUT2D eigenvalue weighted by molar-refractivity contribution is -0.201. The van der Waals surface area contributed by atoms with E-state index in [4.69, 9.17) is 9.47 Å². The van der Waals surface area contributed by atoms with Crippen molar-refractivity contribution in [3.8, 4) is 0 Å². The number of ether oxygens (including phenoxy) is 2. The van der Waals surface area contributed by atoms with Crippen LogP contribution in [0.2, 0.25) is 0 Å². The summed E-state index contributed by atoms with van der Waals surface area (Å²) in [6.45, 7) is 1.88. The highest BCUT2D eigenvalue weighted by Crippen LogP contribution is 2.22. The molecular weight excluding hydrogens is 180 g/mol. The molecule has 1 aromatic carbocycles. The van der Waals surface area contributed by atoms with E-state index in [0.29, 0.717) is 0 Å². The molecule has 0 saturated carbocycles. The van der Waals surface area contributed by atoms with Crippen LogP contribution in [0.5, 0.6) is 0 Å². The van der Waals surface area contributed by atoms with E-state index in [1.807, 2.05) is 31.2 Å². The average Bonchev–Trinajstić information content (AvgIpc) is 2.17. The van der Waals surface area contributed by atoms with Gasteiger partial charge >= 0.3 is 0 Å². The summed E-state index contributed by atoms with van der Waals surface area (Å²) < 4.78 is 10.6. The van der Waals surface area contributed by atoms with Gasteiger partial charge in [0.1, 0.15) is 0 Å². The monoisotopic (exact) mass is 193 g/mol. The predicted octanol–water partition coefficient (Wildman–Crippen LogP) is 0.946. The van der Waals surface area contributed by atoms with Crippen LogP contribution in [0.3, 0.4) is 0 Å². The van der Waals surface area contributed by atoms with Gasteiger partial charge in [-0.2, -0.15) is 0 Å². The molecule has 0 amide bonds. The first-order valence-corrected chi connectivity index (χ1v) is 4.55. The maximum Gasteiger partial charge on any atom is 0.191 e. The maximum atomic E-state index is 5.30. The first-order chi connectivity index (χ1) is 6.14. The second kappa shape index (κ2) is 4.04. The van der Waals surface area contributed by atoms with Crippen LogP contribution in [0.1, 0.15) is 12.5 Å². The molecule has 2 nitrogen and oxygen atoms in total. The molecule has 0 bridgehead atoms. The third kappa shape index (κ3) is 1.99. The second-order valence-corrected chi connectivity index (χ2v) is 3.44. The molecule has 13 heavy (non-hydrogen) atoms. The van der Waals surface area contributed by atoms with Crippen molar-refractivity contribution in [3.05, 3.63) is 29.8 Å². The second-order valence-electron chi connectivity index (χ2n) is 2.90. The first kappa shape index (κ1) is 10.4. The van der Waals surface area contributed by atoms with Gasteiger partial charge in [-0.25, -0.2) is 0 Å². The number of benzene rings is 1. The molecule has 1 aromatic rings. The summed E-state index contributed by atoms with van der Waals surface area (Å²) in [6.07, 6.45) is 0. The van der Waals surface area contributed by atoms with E-state index < -0.39 is 5.79 Å². The average molecular weight is 193 g/mol. The van der Waals surface area contributed by atoms with E-state index in [-0.39, 0.29) is 0 Å². The highest BCUT2D eigenvalue weighted by Gasteiger charge is 2.26. The Morgan fingerprint density at radius 2 is 1.69 bits per heavy atom. The number of rotatable bonds is 3.